The quantitative estimate of drug-likeness (QED) is 0.930. The highest BCUT2D eigenvalue weighted by Crippen LogP contribution is 2.44. The normalized spacial score (nSPS) is 28.0. The van der Waals surface area contributed by atoms with Crippen LogP contribution in [0, 0.1) is 0 Å². The van der Waals surface area contributed by atoms with Crippen LogP contribution in [0.3, 0.4) is 0 Å². The van der Waals surface area contributed by atoms with Crippen molar-refractivity contribution < 1.29 is 13.7 Å². The first kappa shape index (κ1) is 13.9. The van der Waals surface area contributed by atoms with E-state index in [1.807, 2.05) is 19.2 Å². The molecule has 0 saturated heterocycles. The first-order valence-electron chi connectivity index (χ1n) is 7.27. The van der Waals surface area contributed by atoms with Crippen molar-refractivity contribution in [2.45, 2.75) is 42.4 Å². The molecule has 3 atom stereocenters. The highest BCUT2D eigenvalue weighted by molar-refractivity contribution is 7.86. The zero-order valence-electron chi connectivity index (χ0n) is 12.0. The van der Waals surface area contributed by atoms with Crippen LogP contribution < -0.4 is 14.8 Å². The Balaban J connectivity index is 2.03. The van der Waals surface area contributed by atoms with Crippen LogP contribution in [-0.4, -0.2) is 29.7 Å². The van der Waals surface area contributed by atoms with Crippen molar-refractivity contribution in [3.05, 3.63) is 17.7 Å². The fourth-order valence-corrected chi connectivity index (χ4v) is 4.96. The zero-order chi connectivity index (χ0) is 14.1. The van der Waals surface area contributed by atoms with Crippen LogP contribution in [0.5, 0.6) is 11.5 Å². The molecule has 20 heavy (non-hydrogen) atoms. The van der Waals surface area contributed by atoms with Crippen LogP contribution >= 0.6 is 0 Å². The van der Waals surface area contributed by atoms with Gasteiger partial charge in [-0.15, -0.1) is 0 Å². The van der Waals surface area contributed by atoms with Gasteiger partial charge < -0.3 is 14.8 Å². The minimum Gasteiger partial charge on any atom is -0.490 e. The Morgan fingerprint density at radius 1 is 1.30 bits per heavy atom. The van der Waals surface area contributed by atoms with E-state index in [2.05, 4.69) is 12.2 Å². The van der Waals surface area contributed by atoms with E-state index >= 15 is 0 Å². The third-order valence-electron chi connectivity index (χ3n) is 3.96. The van der Waals surface area contributed by atoms with Gasteiger partial charge in [0, 0.05) is 23.4 Å². The van der Waals surface area contributed by atoms with Crippen LogP contribution in [-0.2, 0) is 10.8 Å². The molecule has 0 aromatic heterocycles. The molecule has 4 nitrogen and oxygen atoms in total. The van der Waals surface area contributed by atoms with Gasteiger partial charge in [-0.2, -0.15) is 0 Å². The third kappa shape index (κ3) is 2.23. The SMILES string of the molecule is CCCC1C(NC)c2cc3c(cc2S1=O)OCCCO3. The second-order valence-electron chi connectivity index (χ2n) is 5.28. The maximum absolute atomic E-state index is 12.7. The molecule has 0 amide bonds. The van der Waals surface area contributed by atoms with Gasteiger partial charge in [0.2, 0.25) is 0 Å². The van der Waals surface area contributed by atoms with Crippen molar-refractivity contribution in [1.29, 1.82) is 0 Å². The van der Waals surface area contributed by atoms with E-state index in [0.717, 1.165) is 41.2 Å². The van der Waals surface area contributed by atoms with Gasteiger partial charge in [-0.1, -0.05) is 13.3 Å². The largest absolute Gasteiger partial charge is 0.490 e. The average molecular weight is 295 g/mol. The molecule has 0 radical (unpaired) electrons. The van der Waals surface area contributed by atoms with E-state index in [1.54, 1.807) is 0 Å². The molecular weight excluding hydrogens is 274 g/mol. The van der Waals surface area contributed by atoms with E-state index in [-0.39, 0.29) is 11.3 Å². The fraction of sp³-hybridized carbons (Fsp3) is 0.600. The number of hydrogen-bond donors (Lipinski definition) is 1. The van der Waals surface area contributed by atoms with Crippen molar-refractivity contribution in [2.75, 3.05) is 20.3 Å². The predicted octanol–water partition coefficient (Wildman–Crippen LogP) is 2.40. The van der Waals surface area contributed by atoms with Crippen LogP contribution in [0.25, 0.3) is 0 Å². The lowest BCUT2D eigenvalue weighted by Crippen LogP contribution is -2.26. The summed E-state index contributed by atoms with van der Waals surface area (Å²) in [6, 6.07) is 4.08. The van der Waals surface area contributed by atoms with Gasteiger partial charge in [0.05, 0.1) is 29.3 Å². The van der Waals surface area contributed by atoms with E-state index in [4.69, 9.17) is 9.47 Å². The molecule has 0 spiro atoms. The molecule has 0 saturated carbocycles. The maximum atomic E-state index is 12.7. The Morgan fingerprint density at radius 2 is 2.00 bits per heavy atom. The van der Waals surface area contributed by atoms with Crippen molar-refractivity contribution in [1.82, 2.24) is 5.32 Å². The summed E-state index contributed by atoms with van der Waals surface area (Å²) >= 11 is 0. The van der Waals surface area contributed by atoms with Gasteiger partial charge in [-0.25, -0.2) is 0 Å². The summed E-state index contributed by atoms with van der Waals surface area (Å²) in [5.41, 5.74) is 1.11. The molecule has 3 rings (SSSR count). The summed E-state index contributed by atoms with van der Waals surface area (Å²) in [5, 5.41) is 3.46. The molecular formula is C15H21NO3S. The van der Waals surface area contributed by atoms with Crippen LogP contribution in [0.15, 0.2) is 17.0 Å². The molecule has 1 aromatic carbocycles. The van der Waals surface area contributed by atoms with Gasteiger partial charge in [0.15, 0.2) is 11.5 Å². The highest BCUT2D eigenvalue weighted by atomic mass is 32.2. The standard InChI is InChI=1S/C15H21NO3S/c1-3-5-13-15(16-2)10-8-11-12(9-14(10)20(13)17)19-7-4-6-18-11/h8-9,13,15-16H,3-7H2,1-2H3. The second-order valence-corrected chi connectivity index (χ2v) is 6.92. The van der Waals surface area contributed by atoms with Gasteiger partial charge in [-0.05, 0) is 25.1 Å². The molecule has 1 aromatic rings. The van der Waals surface area contributed by atoms with Crippen molar-refractivity contribution in [2.24, 2.45) is 0 Å². The Hall–Kier alpha value is -1.07. The summed E-state index contributed by atoms with van der Waals surface area (Å²) in [4.78, 5) is 0.909. The average Bonchev–Trinajstić information content (AvgIpc) is 2.62. The van der Waals surface area contributed by atoms with Crippen molar-refractivity contribution >= 4 is 10.8 Å². The number of ether oxygens (including phenoxy) is 2. The Kier molecular flexibility index (Phi) is 3.98. The first-order valence-corrected chi connectivity index (χ1v) is 8.49. The van der Waals surface area contributed by atoms with Gasteiger partial charge >= 0.3 is 0 Å². The number of fused-ring (bicyclic) bond motifs is 2. The minimum atomic E-state index is -0.967. The van der Waals surface area contributed by atoms with E-state index in [0.29, 0.717) is 13.2 Å². The number of rotatable bonds is 3. The zero-order valence-corrected chi connectivity index (χ0v) is 12.8. The Bertz CT molecular complexity index is 532. The van der Waals surface area contributed by atoms with Gasteiger partial charge in [0.1, 0.15) is 0 Å². The first-order chi connectivity index (χ1) is 9.76. The highest BCUT2D eigenvalue weighted by Gasteiger charge is 2.38. The van der Waals surface area contributed by atoms with Crippen LogP contribution in [0.1, 0.15) is 37.8 Å². The van der Waals surface area contributed by atoms with Gasteiger partial charge in [0.25, 0.3) is 0 Å². The molecule has 1 N–H and O–H groups in total. The molecule has 0 aliphatic carbocycles. The van der Waals surface area contributed by atoms with E-state index < -0.39 is 10.8 Å². The Labute approximate surface area is 122 Å². The number of benzene rings is 1. The van der Waals surface area contributed by atoms with E-state index in [1.165, 1.54) is 0 Å². The summed E-state index contributed by atoms with van der Waals surface area (Å²) in [6.45, 7) is 3.47. The number of hydrogen-bond acceptors (Lipinski definition) is 4. The van der Waals surface area contributed by atoms with Crippen molar-refractivity contribution in [3.63, 3.8) is 0 Å². The molecule has 5 heteroatoms. The summed E-state index contributed by atoms with van der Waals surface area (Å²) in [7, 11) is 0.966. The van der Waals surface area contributed by atoms with Crippen LogP contribution in [0.4, 0.5) is 0 Å². The maximum Gasteiger partial charge on any atom is 0.162 e. The smallest absolute Gasteiger partial charge is 0.162 e. The fourth-order valence-electron chi connectivity index (χ4n) is 3.01. The monoisotopic (exact) mass is 295 g/mol. The van der Waals surface area contributed by atoms with Gasteiger partial charge in [-0.3, -0.25) is 4.21 Å². The minimum absolute atomic E-state index is 0.142. The molecule has 3 unspecified atom stereocenters. The lowest BCUT2D eigenvalue weighted by Gasteiger charge is -2.18. The summed E-state index contributed by atoms with van der Waals surface area (Å²) in [6.07, 6.45) is 2.88. The third-order valence-corrected chi connectivity index (χ3v) is 5.81. The Morgan fingerprint density at radius 3 is 2.65 bits per heavy atom. The predicted molar refractivity (Wildman–Crippen MR) is 79.0 cm³/mol. The second kappa shape index (κ2) is 5.74. The molecule has 2 aliphatic heterocycles. The van der Waals surface area contributed by atoms with Crippen LogP contribution in [0.2, 0.25) is 0 Å². The molecule has 2 heterocycles. The topological polar surface area (TPSA) is 47.6 Å². The molecule has 0 bridgehead atoms. The number of nitrogens with one attached hydrogen (secondary N) is 1. The lowest BCUT2D eigenvalue weighted by molar-refractivity contribution is 0.296. The molecule has 110 valence electrons. The van der Waals surface area contributed by atoms with E-state index in [9.17, 15) is 4.21 Å². The summed E-state index contributed by atoms with van der Waals surface area (Å²) in [5.74, 6) is 1.53. The lowest BCUT2D eigenvalue weighted by atomic mass is 10.0. The summed E-state index contributed by atoms with van der Waals surface area (Å²) < 4.78 is 24.2. The molecule has 0 fully saturated rings. The molecule has 2 aliphatic rings. The van der Waals surface area contributed by atoms with Crippen molar-refractivity contribution in [3.8, 4) is 11.5 Å².